The third-order valence-electron chi connectivity index (χ3n) is 2.77. The number of nitrogens with one attached hydrogen (secondary N) is 2. The van der Waals surface area contributed by atoms with Crippen LogP contribution < -0.4 is 10.6 Å². The molecule has 1 aromatic rings. The summed E-state index contributed by atoms with van der Waals surface area (Å²) >= 11 is 0. The van der Waals surface area contributed by atoms with Gasteiger partial charge in [0, 0.05) is 18.8 Å². The van der Waals surface area contributed by atoms with Gasteiger partial charge in [-0.25, -0.2) is 0 Å². The van der Waals surface area contributed by atoms with Crippen molar-refractivity contribution < 1.29 is 9.59 Å². The Hall–Kier alpha value is -1.88. The van der Waals surface area contributed by atoms with Crippen LogP contribution in [0.2, 0.25) is 0 Å². The van der Waals surface area contributed by atoms with Crippen LogP contribution in [-0.2, 0) is 9.59 Å². The Morgan fingerprint density at radius 1 is 1.25 bits per heavy atom. The van der Waals surface area contributed by atoms with Gasteiger partial charge in [0.1, 0.15) is 0 Å². The number of anilines is 1. The molecule has 2 N–H and O–H groups in total. The third-order valence-corrected chi connectivity index (χ3v) is 2.77. The van der Waals surface area contributed by atoms with E-state index in [-0.39, 0.29) is 0 Å². The maximum absolute atomic E-state index is 11.7. The summed E-state index contributed by atoms with van der Waals surface area (Å²) in [7, 11) is 3.95. The first-order valence-corrected chi connectivity index (χ1v) is 6.69. The molecule has 0 heterocycles. The predicted octanol–water partition coefficient (Wildman–Crippen LogP) is 1.25. The van der Waals surface area contributed by atoms with Gasteiger partial charge < -0.3 is 15.5 Å². The quantitative estimate of drug-likeness (QED) is 0.796. The number of benzene rings is 1. The molecule has 0 bridgehead atoms. The second-order valence-electron chi connectivity index (χ2n) is 5.40. The average Bonchev–Trinajstić information content (AvgIpc) is 2.35. The Kier molecular flexibility index (Phi) is 6.18. The second kappa shape index (κ2) is 7.65. The summed E-state index contributed by atoms with van der Waals surface area (Å²) in [6.45, 7) is 5.30. The van der Waals surface area contributed by atoms with Crippen molar-refractivity contribution in [1.29, 1.82) is 0 Å². The van der Waals surface area contributed by atoms with Crippen molar-refractivity contribution in [1.82, 2.24) is 10.2 Å². The lowest BCUT2D eigenvalue weighted by Gasteiger charge is -2.17. The van der Waals surface area contributed by atoms with Crippen LogP contribution in [-0.4, -0.2) is 43.9 Å². The van der Waals surface area contributed by atoms with Crippen LogP contribution in [0.4, 0.5) is 5.69 Å². The topological polar surface area (TPSA) is 61.4 Å². The smallest absolute Gasteiger partial charge is 0.313 e. The highest BCUT2D eigenvalue weighted by molar-refractivity contribution is 6.39. The van der Waals surface area contributed by atoms with Crippen molar-refractivity contribution in [3.8, 4) is 0 Å². The van der Waals surface area contributed by atoms with Crippen LogP contribution in [0.5, 0.6) is 0 Å². The number of aryl methyl sites for hydroxylation is 1. The molecular formula is C15H23N3O2. The predicted molar refractivity (Wildman–Crippen MR) is 80.5 cm³/mol. The summed E-state index contributed by atoms with van der Waals surface area (Å²) in [6.07, 6.45) is 0. The van der Waals surface area contributed by atoms with E-state index >= 15 is 0 Å². The van der Waals surface area contributed by atoms with E-state index in [4.69, 9.17) is 0 Å². The summed E-state index contributed by atoms with van der Waals surface area (Å²) in [5, 5.41) is 5.23. The van der Waals surface area contributed by atoms with E-state index < -0.39 is 11.8 Å². The number of hydrogen-bond acceptors (Lipinski definition) is 3. The maximum Gasteiger partial charge on any atom is 0.313 e. The van der Waals surface area contributed by atoms with E-state index in [1.54, 1.807) is 6.07 Å². The highest BCUT2D eigenvalue weighted by atomic mass is 16.2. The molecule has 5 nitrogen and oxygen atoms in total. The monoisotopic (exact) mass is 277 g/mol. The highest BCUT2D eigenvalue weighted by Gasteiger charge is 2.14. The zero-order valence-corrected chi connectivity index (χ0v) is 12.6. The molecule has 1 atom stereocenters. The summed E-state index contributed by atoms with van der Waals surface area (Å²) in [6, 6.07) is 7.34. The summed E-state index contributed by atoms with van der Waals surface area (Å²) in [5.41, 5.74) is 1.66. The number of carbonyl (C=O) groups is 2. The molecule has 0 saturated heterocycles. The first-order valence-electron chi connectivity index (χ1n) is 6.69. The largest absolute Gasteiger partial charge is 0.348 e. The van der Waals surface area contributed by atoms with Crippen LogP contribution in [0.15, 0.2) is 24.3 Å². The van der Waals surface area contributed by atoms with Gasteiger partial charge in [-0.1, -0.05) is 19.1 Å². The minimum absolute atomic E-state index is 0.292. The molecule has 1 aromatic carbocycles. The van der Waals surface area contributed by atoms with Crippen molar-refractivity contribution >= 4 is 17.5 Å². The number of carbonyl (C=O) groups excluding carboxylic acids is 2. The third kappa shape index (κ3) is 5.84. The molecule has 1 rings (SSSR count). The molecule has 0 saturated carbocycles. The van der Waals surface area contributed by atoms with Gasteiger partial charge in [-0.15, -0.1) is 0 Å². The fourth-order valence-electron chi connectivity index (χ4n) is 1.95. The fourth-order valence-corrected chi connectivity index (χ4v) is 1.95. The minimum atomic E-state index is -0.632. The zero-order chi connectivity index (χ0) is 15.1. The van der Waals surface area contributed by atoms with Gasteiger partial charge in [-0.3, -0.25) is 9.59 Å². The lowest BCUT2D eigenvalue weighted by Crippen LogP contribution is -2.39. The number of hydrogen-bond donors (Lipinski definition) is 2. The molecule has 0 aliphatic carbocycles. The van der Waals surface area contributed by atoms with Crippen molar-refractivity contribution in [2.75, 3.05) is 32.5 Å². The Bertz CT molecular complexity index is 472. The maximum atomic E-state index is 11.7. The Morgan fingerprint density at radius 2 is 1.95 bits per heavy atom. The number of amides is 2. The Labute approximate surface area is 120 Å². The molecule has 0 aliphatic rings. The molecule has 2 amide bonds. The summed E-state index contributed by atoms with van der Waals surface area (Å²) in [5.74, 6) is -0.939. The van der Waals surface area contributed by atoms with Crippen LogP contribution in [0.3, 0.4) is 0 Å². The van der Waals surface area contributed by atoms with Gasteiger partial charge in [-0.05, 0) is 44.6 Å². The van der Waals surface area contributed by atoms with Gasteiger partial charge >= 0.3 is 11.8 Å². The first-order chi connectivity index (χ1) is 9.38. The molecule has 0 radical (unpaired) electrons. The highest BCUT2D eigenvalue weighted by Crippen LogP contribution is 2.09. The summed E-state index contributed by atoms with van der Waals surface area (Å²) in [4.78, 5) is 25.5. The summed E-state index contributed by atoms with van der Waals surface area (Å²) < 4.78 is 0. The van der Waals surface area contributed by atoms with Gasteiger partial charge in [0.2, 0.25) is 0 Å². The van der Waals surface area contributed by atoms with Crippen molar-refractivity contribution in [2.45, 2.75) is 13.8 Å². The lowest BCUT2D eigenvalue weighted by atomic mass is 10.1. The number of rotatable bonds is 5. The van der Waals surface area contributed by atoms with E-state index in [1.165, 1.54) is 0 Å². The molecule has 0 fully saturated rings. The van der Waals surface area contributed by atoms with Crippen molar-refractivity contribution in [2.24, 2.45) is 5.92 Å². The Morgan fingerprint density at radius 3 is 2.55 bits per heavy atom. The SMILES string of the molecule is Cc1cccc(NC(=O)C(=O)NC[C@H](C)CN(C)C)c1. The van der Waals surface area contributed by atoms with E-state index in [1.807, 2.05) is 51.0 Å². The van der Waals surface area contributed by atoms with E-state index in [2.05, 4.69) is 10.6 Å². The molecule has 110 valence electrons. The van der Waals surface area contributed by atoms with Crippen LogP contribution in [0, 0.1) is 12.8 Å². The second-order valence-corrected chi connectivity index (χ2v) is 5.40. The van der Waals surface area contributed by atoms with Gasteiger partial charge in [0.15, 0.2) is 0 Å². The zero-order valence-electron chi connectivity index (χ0n) is 12.6. The standard InChI is InChI=1S/C15H23N3O2/c1-11-6-5-7-13(8-11)17-15(20)14(19)16-9-12(2)10-18(3)4/h5-8,12H,9-10H2,1-4H3,(H,16,19)(H,17,20)/t12-/m0/s1. The van der Waals surface area contributed by atoms with E-state index in [0.717, 1.165) is 12.1 Å². The molecule has 20 heavy (non-hydrogen) atoms. The van der Waals surface area contributed by atoms with Crippen molar-refractivity contribution in [3.05, 3.63) is 29.8 Å². The first kappa shape index (κ1) is 16.2. The molecule has 5 heteroatoms. The van der Waals surface area contributed by atoms with Crippen LogP contribution in [0.25, 0.3) is 0 Å². The molecule has 0 aromatic heterocycles. The van der Waals surface area contributed by atoms with Gasteiger partial charge in [0.25, 0.3) is 0 Å². The number of nitrogens with zero attached hydrogens (tertiary/aromatic N) is 1. The molecule has 0 spiro atoms. The van der Waals surface area contributed by atoms with E-state index in [0.29, 0.717) is 18.2 Å². The average molecular weight is 277 g/mol. The van der Waals surface area contributed by atoms with Gasteiger partial charge in [0.05, 0.1) is 0 Å². The molecule has 0 aliphatic heterocycles. The minimum Gasteiger partial charge on any atom is -0.348 e. The van der Waals surface area contributed by atoms with Crippen molar-refractivity contribution in [3.63, 3.8) is 0 Å². The van der Waals surface area contributed by atoms with Gasteiger partial charge in [-0.2, -0.15) is 0 Å². The van der Waals surface area contributed by atoms with Crippen LogP contribution >= 0.6 is 0 Å². The Balaban J connectivity index is 2.42. The normalized spacial score (nSPS) is 12.1. The van der Waals surface area contributed by atoms with E-state index in [9.17, 15) is 9.59 Å². The molecule has 0 unspecified atom stereocenters. The fraction of sp³-hybridized carbons (Fsp3) is 0.467. The molecular weight excluding hydrogens is 254 g/mol. The lowest BCUT2D eigenvalue weighted by molar-refractivity contribution is -0.136. The van der Waals surface area contributed by atoms with Crippen LogP contribution in [0.1, 0.15) is 12.5 Å².